The molecular formula is C8H7ClN6O2S. The Bertz CT molecular complexity index is 616. The van der Waals surface area contributed by atoms with E-state index in [-0.39, 0.29) is 16.0 Å². The number of hydrogen-bond acceptors (Lipinski definition) is 7. The van der Waals surface area contributed by atoms with Crippen molar-refractivity contribution in [2.24, 2.45) is 7.05 Å². The van der Waals surface area contributed by atoms with E-state index in [1.165, 1.54) is 0 Å². The Morgan fingerprint density at radius 1 is 1.50 bits per heavy atom. The second-order valence-corrected chi connectivity index (χ2v) is 4.57. The molecule has 0 radical (unpaired) electrons. The average Bonchev–Trinajstić information content (AvgIpc) is 2.61. The molecule has 0 amide bonds. The molecule has 2 aromatic rings. The first-order valence-electron chi connectivity index (χ1n) is 4.70. The van der Waals surface area contributed by atoms with E-state index in [2.05, 4.69) is 20.2 Å². The highest BCUT2D eigenvalue weighted by atomic mass is 35.5. The molecule has 8 nitrogen and oxygen atoms in total. The Balaban J connectivity index is 2.42. The van der Waals surface area contributed by atoms with Crippen molar-refractivity contribution in [2.75, 3.05) is 0 Å². The van der Waals surface area contributed by atoms with Crippen LogP contribution in [0.25, 0.3) is 0 Å². The lowest BCUT2D eigenvalue weighted by Gasteiger charge is -2.01. The molecule has 0 fully saturated rings. The Kier molecular flexibility index (Phi) is 3.43. The SMILES string of the molecule is Cc1nnc(Sc2nc(Cl)ncc2[N+](=O)[O-])n1C. The van der Waals surface area contributed by atoms with Gasteiger partial charge < -0.3 is 4.57 Å². The molecule has 2 heterocycles. The predicted octanol–water partition coefficient (Wildman–Crippen LogP) is 1.63. The number of hydrogen-bond donors (Lipinski definition) is 0. The number of nitro groups is 1. The van der Waals surface area contributed by atoms with Gasteiger partial charge >= 0.3 is 5.69 Å². The Hall–Kier alpha value is -1.74. The molecule has 10 heteroatoms. The molecule has 2 aromatic heterocycles. The number of rotatable bonds is 3. The largest absolute Gasteiger partial charge is 0.320 e. The van der Waals surface area contributed by atoms with E-state index in [1.54, 1.807) is 18.5 Å². The van der Waals surface area contributed by atoms with Crippen LogP contribution in [-0.2, 0) is 7.05 Å². The maximum absolute atomic E-state index is 10.8. The summed E-state index contributed by atoms with van der Waals surface area (Å²) in [5, 5.41) is 19.2. The zero-order valence-corrected chi connectivity index (χ0v) is 10.9. The summed E-state index contributed by atoms with van der Waals surface area (Å²) in [6, 6.07) is 0. The van der Waals surface area contributed by atoms with Crippen molar-refractivity contribution in [3.8, 4) is 0 Å². The highest BCUT2D eigenvalue weighted by Crippen LogP contribution is 2.32. The summed E-state index contributed by atoms with van der Waals surface area (Å²) < 4.78 is 1.70. The summed E-state index contributed by atoms with van der Waals surface area (Å²) in [4.78, 5) is 17.7. The molecule has 0 aromatic carbocycles. The fourth-order valence-corrected chi connectivity index (χ4v) is 2.17. The molecule has 0 unspecified atom stereocenters. The zero-order valence-electron chi connectivity index (χ0n) is 9.36. The quantitative estimate of drug-likeness (QED) is 0.366. The highest BCUT2D eigenvalue weighted by Gasteiger charge is 2.20. The Morgan fingerprint density at radius 2 is 2.22 bits per heavy atom. The number of aromatic nitrogens is 5. The fraction of sp³-hybridized carbons (Fsp3) is 0.250. The van der Waals surface area contributed by atoms with Gasteiger partial charge in [0.15, 0.2) is 10.2 Å². The first-order chi connectivity index (χ1) is 8.49. The van der Waals surface area contributed by atoms with Gasteiger partial charge in [-0.2, -0.15) is 0 Å². The summed E-state index contributed by atoms with van der Waals surface area (Å²) in [5.41, 5.74) is -0.218. The van der Waals surface area contributed by atoms with Gasteiger partial charge in [0.2, 0.25) is 5.28 Å². The molecule has 2 rings (SSSR count). The summed E-state index contributed by atoms with van der Waals surface area (Å²) in [6.07, 6.45) is 1.07. The first-order valence-corrected chi connectivity index (χ1v) is 5.89. The third kappa shape index (κ3) is 2.41. The minimum atomic E-state index is -0.568. The van der Waals surface area contributed by atoms with Crippen molar-refractivity contribution >= 4 is 29.1 Å². The maximum Gasteiger partial charge on any atom is 0.320 e. The van der Waals surface area contributed by atoms with Gasteiger partial charge in [-0.05, 0) is 30.3 Å². The third-order valence-electron chi connectivity index (χ3n) is 2.14. The van der Waals surface area contributed by atoms with E-state index in [1.807, 2.05) is 0 Å². The van der Waals surface area contributed by atoms with Gasteiger partial charge in [0.25, 0.3) is 0 Å². The van der Waals surface area contributed by atoms with E-state index in [0.717, 1.165) is 18.0 Å². The lowest BCUT2D eigenvalue weighted by molar-refractivity contribution is -0.388. The molecule has 0 aliphatic carbocycles. The monoisotopic (exact) mass is 286 g/mol. The average molecular weight is 287 g/mol. The summed E-state index contributed by atoms with van der Waals surface area (Å²) >= 11 is 6.65. The highest BCUT2D eigenvalue weighted by molar-refractivity contribution is 7.99. The fourth-order valence-electron chi connectivity index (χ4n) is 1.10. The normalized spacial score (nSPS) is 10.6. The smallest absolute Gasteiger partial charge is 0.309 e. The first kappa shape index (κ1) is 12.7. The Morgan fingerprint density at radius 3 is 2.78 bits per heavy atom. The van der Waals surface area contributed by atoms with Crippen molar-refractivity contribution in [2.45, 2.75) is 17.1 Å². The molecule has 0 saturated heterocycles. The number of halogens is 1. The number of aryl methyl sites for hydroxylation is 1. The van der Waals surface area contributed by atoms with Crippen LogP contribution in [-0.4, -0.2) is 29.7 Å². The van der Waals surface area contributed by atoms with Crippen LogP contribution in [0.5, 0.6) is 0 Å². The second-order valence-electron chi connectivity index (χ2n) is 3.28. The van der Waals surface area contributed by atoms with Gasteiger partial charge in [-0.25, -0.2) is 9.97 Å². The van der Waals surface area contributed by atoms with Gasteiger partial charge in [0, 0.05) is 7.05 Å². The van der Waals surface area contributed by atoms with Crippen LogP contribution in [0.15, 0.2) is 16.4 Å². The Labute approximate surface area is 111 Å². The molecule has 0 aliphatic rings. The molecule has 18 heavy (non-hydrogen) atoms. The van der Waals surface area contributed by atoms with Gasteiger partial charge in [-0.1, -0.05) is 0 Å². The van der Waals surface area contributed by atoms with Crippen LogP contribution >= 0.6 is 23.4 Å². The van der Waals surface area contributed by atoms with E-state index < -0.39 is 4.92 Å². The van der Waals surface area contributed by atoms with E-state index >= 15 is 0 Å². The second kappa shape index (κ2) is 4.86. The third-order valence-corrected chi connectivity index (χ3v) is 3.36. The lowest BCUT2D eigenvalue weighted by Crippen LogP contribution is -1.98. The van der Waals surface area contributed by atoms with Crippen LogP contribution in [0.2, 0.25) is 5.28 Å². The van der Waals surface area contributed by atoms with Crippen molar-refractivity contribution in [1.82, 2.24) is 24.7 Å². The minimum Gasteiger partial charge on any atom is -0.309 e. The van der Waals surface area contributed by atoms with Crippen LogP contribution in [0.1, 0.15) is 5.82 Å². The maximum atomic E-state index is 10.8. The van der Waals surface area contributed by atoms with E-state index in [0.29, 0.717) is 11.0 Å². The molecule has 0 atom stereocenters. The summed E-state index contributed by atoms with van der Waals surface area (Å²) in [7, 11) is 1.76. The van der Waals surface area contributed by atoms with Gasteiger partial charge in [-0.15, -0.1) is 10.2 Å². The molecule has 0 spiro atoms. The predicted molar refractivity (Wildman–Crippen MR) is 63.6 cm³/mol. The molecule has 0 bridgehead atoms. The van der Waals surface area contributed by atoms with E-state index in [9.17, 15) is 10.1 Å². The molecule has 0 saturated carbocycles. The van der Waals surface area contributed by atoms with Crippen LogP contribution in [0, 0.1) is 17.0 Å². The van der Waals surface area contributed by atoms with Crippen molar-refractivity contribution in [1.29, 1.82) is 0 Å². The lowest BCUT2D eigenvalue weighted by atomic mass is 10.6. The van der Waals surface area contributed by atoms with E-state index in [4.69, 9.17) is 11.6 Å². The molecular weight excluding hydrogens is 280 g/mol. The summed E-state index contributed by atoms with van der Waals surface area (Å²) in [6.45, 7) is 1.78. The van der Waals surface area contributed by atoms with Crippen LogP contribution in [0.3, 0.4) is 0 Å². The van der Waals surface area contributed by atoms with Gasteiger partial charge in [0.1, 0.15) is 12.0 Å². The van der Waals surface area contributed by atoms with Crippen molar-refractivity contribution < 1.29 is 4.92 Å². The van der Waals surface area contributed by atoms with Gasteiger partial charge in [-0.3, -0.25) is 10.1 Å². The van der Waals surface area contributed by atoms with Crippen LogP contribution in [0.4, 0.5) is 5.69 Å². The topological polar surface area (TPSA) is 99.6 Å². The molecule has 0 aliphatic heterocycles. The standard InChI is InChI=1S/C8H7ClN6O2S/c1-4-12-13-8(14(4)2)18-6-5(15(16)17)3-10-7(9)11-6/h3H,1-2H3. The zero-order chi connectivity index (χ0) is 13.3. The minimum absolute atomic E-state index is 0.0537. The van der Waals surface area contributed by atoms with Gasteiger partial charge in [0.05, 0.1) is 4.92 Å². The van der Waals surface area contributed by atoms with Crippen molar-refractivity contribution in [3.63, 3.8) is 0 Å². The molecule has 0 N–H and O–H groups in total. The van der Waals surface area contributed by atoms with Crippen molar-refractivity contribution in [3.05, 3.63) is 27.4 Å². The summed E-state index contributed by atoms with van der Waals surface area (Å²) in [5.74, 6) is 0.695. The molecule has 94 valence electrons. The number of nitrogens with zero attached hydrogens (tertiary/aromatic N) is 6. The van der Waals surface area contributed by atoms with Crippen LogP contribution < -0.4 is 0 Å².